The predicted octanol–water partition coefficient (Wildman–Crippen LogP) is 1.61. The molecular weight excluding hydrogens is 372 g/mol. The zero-order valence-corrected chi connectivity index (χ0v) is 15.5. The Morgan fingerprint density at radius 2 is 1.71 bits per heavy atom. The van der Waals surface area contributed by atoms with E-state index in [1.165, 1.54) is 5.69 Å². The van der Waals surface area contributed by atoms with E-state index in [2.05, 4.69) is 55.3 Å². The summed E-state index contributed by atoms with van der Waals surface area (Å²) >= 11 is 3.46. The highest BCUT2D eigenvalue weighted by molar-refractivity contribution is 9.10. The van der Waals surface area contributed by atoms with Crippen LogP contribution in [0, 0.1) is 0 Å². The van der Waals surface area contributed by atoms with E-state index >= 15 is 0 Å². The maximum atomic E-state index is 12.3. The van der Waals surface area contributed by atoms with E-state index < -0.39 is 0 Å². The average molecular weight is 397 g/mol. The lowest BCUT2D eigenvalue weighted by Crippen LogP contribution is -2.52. The van der Waals surface area contributed by atoms with E-state index in [-0.39, 0.29) is 6.03 Å². The van der Waals surface area contributed by atoms with Crippen molar-refractivity contribution in [1.29, 1.82) is 0 Å². The van der Waals surface area contributed by atoms with Gasteiger partial charge in [-0.15, -0.1) is 0 Å². The molecule has 1 aromatic carbocycles. The summed E-state index contributed by atoms with van der Waals surface area (Å²) in [6.07, 6.45) is 0. The van der Waals surface area contributed by atoms with Crippen molar-refractivity contribution in [2.45, 2.75) is 0 Å². The predicted molar refractivity (Wildman–Crippen MR) is 98.6 cm³/mol. The summed E-state index contributed by atoms with van der Waals surface area (Å²) in [6.45, 7) is 8.39. The van der Waals surface area contributed by atoms with Crippen molar-refractivity contribution in [1.82, 2.24) is 15.1 Å². The molecule has 2 fully saturated rings. The molecule has 2 saturated heterocycles. The number of urea groups is 1. The second-order valence-electron chi connectivity index (χ2n) is 6.14. The van der Waals surface area contributed by atoms with Crippen LogP contribution in [0.1, 0.15) is 0 Å². The van der Waals surface area contributed by atoms with Gasteiger partial charge in [0.15, 0.2) is 0 Å². The van der Waals surface area contributed by atoms with Gasteiger partial charge in [-0.2, -0.15) is 0 Å². The van der Waals surface area contributed by atoms with Crippen LogP contribution in [0.4, 0.5) is 10.5 Å². The average Bonchev–Trinajstić information content (AvgIpc) is 2.63. The van der Waals surface area contributed by atoms with Crippen molar-refractivity contribution >= 4 is 27.6 Å². The second-order valence-corrected chi connectivity index (χ2v) is 7.05. The van der Waals surface area contributed by atoms with Gasteiger partial charge in [-0.25, -0.2) is 4.79 Å². The first-order valence-electron chi connectivity index (χ1n) is 8.56. The molecule has 2 aliphatic heterocycles. The number of morpholine rings is 1. The summed E-state index contributed by atoms with van der Waals surface area (Å²) < 4.78 is 6.42. The number of carbonyl (C=O) groups is 1. The SMILES string of the molecule is O=C(NCCN1CCOCC1)N1CCN(c2ccc(Br)cc2)CC1. The highest BCUT2D eigenvalue weighted by Crippen LogP contribution is 2.19. The minimum Gasteiger partial charge on any atom is -0.379 e. The molecule has 0 spiro atoms. The van der Waals surface area contributed by atoms with Crippen LogP contribution in [-0.4, -0.2) is 81.4 Å². The number of amides is 2. The van der Waals surface area contributed by atoms with Crippen LogP contribution >= 0.6 is 15.9 Å². The van der Waals surface area contributed by atoms with Gasteiger partial charge >= 0.3 is 6.03 Å². The molecule has 0 radical (unpaired) electrons. The van der Waals surface area contributed by atoms with Crippen molar-refractivity contribution in [3.05, 3.63) is 28.7 Å². The Morgan fingerprint density at radius 3 is 2.38 bits per heavy atom. The monoisotopic (exact) mass is 396 g/mol. The Kier molecular flexibility index (Phi) is 6.34. The molecule has 0 aliphatic carbocycles. The summed E-state index contributed by atoms with van der Waals surface area (Å²) in [7, 11) is 0. The number of ether oxygens (including phenoxy) is 1. The van der Waals surface area contributed by atoms with Gasteiger partial charge in [0.2, 0.25) is 0 Å². The van der Waals surface area contributed by atoms with Crippen LogP contribution in [-0.2, 0) is 4.74 Å². The maximum absolute atomic E-state index is 12.3. The van der Waals surface area contributed by atoms with Crippen LogP contribution in [0.5, 0.6) is 0 Å². The van der Waals surface area contributed by atoms with E-state index in [1.807, 2.05) is 4.90 Å². The van der Waals surface area contributed by atoms with E-state index in [0.29, 0.717) is 6.54 Å². The van der Waals surface area contributed by atoms with E-state index in [0.717, 1.165) is 63.5 Å². The van der Waals surface area contributed by atoms with Gasteiger partial charge in [-0.1, -0.05) is 15.9 Å². The van der Waals surface area contributed by atoms with Crippen molar-refractivity contribution in [3.63, 3.8) is 0 Å². The molecule has 0 bridgehead atoms. The van der Waals surface area contributed by atoms with Crippen molar-refractivity contribution in [3.8, 4) is 0 Å². The minimum atomic E-state index is 0.0544. The number of benzene rings is 1. The Labute approximate surface area is 151 Å². The van der Waals surface area contributed by atoms with Gasteiger partial charge in [-0.3, -0.25) is 4.90 Å². The number of carbonyl (C=O) groups excluding carboxylic acids is 1. The molecule has 7 heteroatoms. The molecule has 2 aliphatic rings. The van der Waals surface area contributed by atoms with Gasteiger partial charge < -0.3 is 19.9 Å². The fourth-order valence-electron chi connectivity index (χ4n) is 3.08. The number of hydrogen-bond donors (Lipinski definition) is 1. The number of nitrogens with zero attached hydrogens (tertiary/aromatic N) is 3. The summed E-state index contributed by atoms with van der Waals surface area (Å²) in [6, 6.07) is 8.39. The van der Waals surface area contributed by atoms with Crippen molar-refractivity contribution in [2.24, 2.45) is 0 Å². The number of piperazine rings is 1. The lowest BCUT2D eigenvalue weighted by Gasteiger charge is -2.36. The first-order valence-corrected chi connectivity index (χ1v) is 9.35. The lowest BCUT2D eigenvalue weighted by molar-refractivity contribution is 0.0386. The first-order chi connectivity index (χ1) is 11.7. The molecule has 0 saturated carbocycles. The quantitative estimate of drug-likeness (QED) is 0.839. The lowest BCUT2D eigenvalue weighted by atomic mass is 10.2. The molecular formula is C17H25BrN4O2. The standard InChI is InChI=1S/C17H25BrN4O2/c18-15-1-3-16(4-2-15)21-7-9-22(10-8-21)17(23)19-5-6-20-11-13-24-14-12-20/h1-4H,5-14H2,(H,19,23). The third kappa shape index (κ3) is 4.84. The number of hydrogen-bond acceptors (Lipinski definition) is 4. The molecule has 0 aromatic heterocycles. The number of halogens is 1. The van der Waals surface area contributed by atoms with Crippen molar-refractivity contribution in [2.75, 3.05) is 70.5 Å². The number of anilines is 1. The van der Waals surface area contributed by atoms with Crippen LogP contribution in [0.2, 0.25) is 0 Å². The van der Waals surface area contributed by atoms with Crippen LogP contribution in [0.25, 0.3) is 0 Å². The molecule has 24 heavy (non-hydrogen) atoms. The van der Waals surface area contributed by atoms with Crippen LogP contribution in [0.3, 0.4) is 0 Å². The zero-order chi connectivity index (χ0) is 16.8. The smallest absolute Gasteiger partial charge is 0.317 e. The number of rotatable bonds is 4. The largest absolute Gasteiger partial charge is 0.379 e. The Balaban J connectivity index is 1.37. The van der Waals surface area contributed by atoms with Crippen LogP contribution in [0.15, 0.2) is 28.7 Å². The molecule has 0 atom stereocenters. The van der Waals surface area contributed by atoms with E-state index in [4.69, 9.17) is 4.74 Å². The van der Waals surface area contributed by atoms with E-state index in [1.54, 1.807) is 0 Å². The van der Waals surface area contributed by atoms with E-state index in [9.17, 15) is 4.79 Å². The molecule has 6 nitrogen and oxygen atoms in total. The summed E-state index contributed by atoms with van der Waals surface area (Å²) in [5, 5.41) is 3.04. The summed E-state index contributed by atoms with van der Waals surface area (Å²) in [5.74, 6) is 0. The zero-order valence-electron chi connectivity index (χ0n) is 13.9. The third-order valence-electron chi connectivity index (χ3n) is 4.57. The molecule has 3 rings (SSSR count). The maximum Gasteiger partial charge on any atom is 0.317 e. The highest BCUT2D eigenvalue weighted by Gasteiger charge is 2.21. The highest BCUT2D eigenvalue weighted by atomic mass is 79.9. The molecule has 132 valence electrons. The van der Waals surface area contributed by atoms with Gasteiger partial charge in [0.25, 0.3) is 0 Å². The van der Waals surface area contributed by atoms with Gasteiger partial charge in [0, 0.05) is 62.5 Å². The Bertz CT molecular complexity index is 526. The molecule has 1 aromatic rings. The topological polar surface area (TPSA) is 48.1 Å². The molecule has 0 unspecified atom stereocenters. The normalized spacial score (nSPS) is 19.4. The second kappa shape index (κ2) is 8.69. The van der Waals surface area contributed by atoms with Gasteiger partial charge in [0.1, 0.15) is 0 Å². The molecule has 2 amide bonds. The Morgan fingerprint density at radius 1 is 1.04 bits per heavy atom. The van der Waals surface area contributed by atoms with Crippen molar-refractivity contribution < 1.29 is 9.53 Å². The van der Waals surface area contributed by atoms with Gasteiger partial charge in [0.05, 0.1) is 13.2 Å². The first kappa shape index (κ1) is 17.5. The van der Waals surface area contributed by atoms with Gasteiger partial charge in [-0.05, 0) is 24.3 Å². The number of nitrogens with one attached hydrogen (secondary N) is 1. The van der Waals surface area contributed by atoms with Crippen LogP contribution < -0.4 is 10.2 Å². The fourth-order valence-corrected chi connectivity index (χ4v) is 3.34. The third-order valence-corrected chi connectivity index (χ3v) is 5.10. The minimum absolute atomic E-state index is 0.0544. The summed E-state index contributed by atoms with van der Waals surface area (Å²) in [4.78, 5) is 18.8. The molecule has 2 heterocycles. The summed E-state index contributed by atoms with van der Waals surface area (Å²) in [5.41, 5.74) is 1.21. The Hall–Kier alpha value is -1.31. The molecule has 1 N–H and O–H groups in total. The fraction of sp³-hybridized carbons (Fsp3) is 0.588.